The van der Waals surface area contributed by atoms with Crippen LogP contribution in [0.2, 0.25) is 0 Å². The van der Waals surface area contributed by atoms with Crippen LogP contribution in [0.3, 0.4) is 0 Å². The third-order valence-corrected chi connectivity index (χ3v) is 3.94. The number of amides is 3. The Morgan fingerprint density at radius 3 is 2.64 bits per heavy atom. The Morgan fingerprint density at radius 1 is 1.32 bits per heavy atom. The van der Waals surface area contributed by atoms with Crippen LogP contribution in [0.4, 0.5) is 13.6 Å². The molecule has 1 aliphatic heterocycles. The van der Waals surface area contributed by atoms with Crippen LogP contribution in [0.1, 0.15) is 11.5 Å². The van der Waals surface area contributed by atoms with Gasteiger partial charge in [0.15, 0.2) is 0 Å². The summed E-state index contributed by atoms with van der Waals surface area (Å²) in [6, 6.07) is 2.33. The van der Waals surface area contributed by atoms with E-state index in [0.29, 0.717) is 24.4 Å². The number of oxazole rings is 1. The van der Waals surface area contributed by atoms with Crippen LogP contribution in [0, 0.1) is 11.6 Å². The number of nitrogens with two attached hydrogens (primary N) is 1. The summed E-state index contributed by atoms with van der Waals surface area (Å²) in [6.45, 7) is 0.455. The molecular formula is C16H16F2N4O3. The monoisotopic (exact) mass is 350 g/mol. The highest BCUT2D eigenvalue weighted by Gasteiger charge is 2.27. The molecule has 0 unspecified atom stereocenters. The minimum atomic E-state index is -0.725. The summed E-state index contributed by atoms with van der Waals surface area (Å²) in [6.07, 6.45) is 0.423. The fourth-order valence-corrected chi connectivity index (χ4v) is 2.59. The fourth-order valence-electron chi connectivity index (χ4n) is 2.59. The van der Waals surface area contributed by atoms with Crippen LogP contribution < -0.4 is 5.73 Å². The molecule has 3 amide bonds. The summed E-state index contributed by atoms with van der Waals surface area (Å²) in [5.74, 6) is -1.04. The lowest BCUT2D eigenvalue weighted by Gasteiger charge is -2.27. The maximum Gasteiger partial charge on any atom is 0.314 e. The highest BCUT2D eigenvalue weighted by molar-refractivity contribution is 5.83. The zero-order chi connectivity index (χ0) is 18.1. The molecule has 2 aromatic rings. The van der Waals surface area contributed by atoms with Gasteiger partial charge in [0.25, 0.3) is 0 Å². The quantitative estimate of drug-likeness (QED) is 0.908. The van der Waals surface area contributed by atoms with Crippen molar-refractivity contribution in [2.45, 2.75) is 13.0 Å². The van der Waals surface area contributed by atoms with Crippen molar-refractivity contribution in [1.82, 2.24) is 14.8 Å². The molecule has 1 aliphatic rings. The predicted octanol–water partition coefficient (Wildman–Crippen LogP) is 1.51. The second-order valence-corrected chi connectivity index (χ2v) is 5.81. The maximum absolute atomic E-state index is 13.3. The minimum Gasteiger partial charge on any atom is -0.441 e. The second kappa shape index (κ2) is 6.50. The first-order valence-corrected chi connectivity index (χ1v) is 7.57. The minimum absolute atomic E-state index is 0.104. The number of benzene rings is 1. The van der Waals surface area contributed by atoms with Gasteiger partial charge in [-0.1, -0.05) is 0 Å². The Hall–Kier alpha value is -2.97. The van der Waals surface area contributed by atoms with E-state index in [1.807, 2.05) is 0 Å². The van der Waals surface area contributed by atoms with Crippen LogP contribution in [-0.4, -0.2) is 46.9 Å². The Balaban J connectivity index is 1.77. The highest BCUT2D eigenvalue weighted by atomic mass is 19.1. The first-order valence-electron chi connectivity index (χ1n) is 7.57. The second-order valence-electron chi connectivity index (χ2n) is 5.81. The van der Waals surface area contributed by atoms with Gasteiger partial charge in [-0.2, -0.15) is 0 Å². The molecule has 0 aliphatic carbocycles. The van der Waals surface area contributed by atoms with Crippen molar-refractivity contribution in [3.8, 4) is 11.5 Å². The van der Waals surface area contributed by atoms with E-state index in [1.165, 1.54) is 11.9 Å². The molecule has 0 radical (unpaired) electrons. The smallest absolute Gasteiger partial charge is 0.314 e. The van der Waals surface area contributed by atoms with Crippen molar-refractivity contribution in [2.75, 3.05) is 20.1 Å². The lowest BCUT2D eigenvalue weighted by Crippen LogP contribution is -2.44. The number of fused-ring (bicyclic) bond motifs is 1. The molecule has 0 fully saturated rings. The number of halogens is 2. The van der Waals surface area contributed by atoms with E-state index in [1.54, 1.807) is 0 Å². The number of primary amides is 1. The average molecular weight is 350 g/mol. The Bertz CT molecular complexity index is 817. The molecule has 1 aromatic carbocycles. The largest absolute Gasteiger partial charge is 0.441 e. The van der Waals surface area contributed by atoms with Gasteiger partial charge in [0.1, 0.15) is 29.6 Å². The Kier molecular flexibility index (Phi) is 4.39. The van der Waals surface area contributed by atoms with E-state index >= 15 is 0 Å². The van der Waals surface area contributed by atoms with Crippen molar-refractivity contribution in [2.24, 2.45) is 5.73 Å². The number of rotatable bonds is 3. The Morgan fingerprint density at radius 2 is 2.00 bits per heavy atom. The van der Waals surface area contributed by atoms with Gasteiger partial charge in [0.2, 0.25) is 11.8 Å². The van der Waals surface area contributed by atoms with E-state index < -0.39 is 17.7 Å². The number of aromatic nitrogens is 1. The molecule has 1 aromatic heterocycles. The standard InChI is InChI=1S/C16H16F2N4O3/c1-21(16(19)24)8-14(23)22-3-2-13-12(7-22)20-15(25-13)9-4-10(17)6-11(18)5-9/h4-6H,2-3,7-8H2,1H3,(H2,19,24). The molecule has 0 spiro atoms. The number of hydrogen-bond donors (Lipinski definition) is 1. The zero-order valence-electron chi connectivity index (χ0n) is 13.5. The van der Waals surface area contributed by atoms with E-state index in [-0.39, 0.29) is 30.5 Å². The lowest BCUT2D eigenvalue weighted by molar-refractivity contribution is -0.132. The van der Waals surface area contributed by atoms with Crippen molar-refractivity contribution >= 4 is 11.9 Å². The summed E-state index contributed by atoms with van der Waals surface area (Å²) < 4.78 is 32.3. The Labute approximate surface area is 142 Å². The molecule has 25 heavy (non-hydrogen) atoms. The molecular weight excluding hydrogens is 334 g/mol. The first-order chi connectivity index (χ1) is 11.8. The van der Waals surface area contributed by atoms with Crippen LogP contribution in [0.5, 0.6) is 0 Å². The fraction of sp³-hybridized carbons (Fsp3) is 0.312. The van der Waals surface area contributed by atoms with Crippen molar-refractivity contribution in [3.63, 3.8) is 0 Å². The summed E-state index contributed by atoms with van der Waals surface area (Å²) in [5, 5.41) is 0. The van der Waals surface area contributed by atoms with Gasteiger partial charge in [-0.25, -0.2) is 18.6 Å². The van der Waals surface area contributed by atoms with Gasteiger partial charge < -0.3 is 20.0 Å². The van der Waals surface area contributed by atoms with Gasteiger partial charge >= 0.3 is 6.03 Å². The van der Waals surface area contributed by atoms with Gasteiger partial charge in [-0.05, 0) is 12.1 Å². The summed E-state index contributed by atoms with van der Waals surface area (Å²) in [4.78, 5) is 30.1. The number of urea groups is 1. The van der Waals surface area contributed by atoms with Crippen molar-refractivity contribution in [3.05, 3.63) is 41.3 Å². The predicted molar refractivity (Wildman–Crippen MR) is 83.2 cm³/mol. The summed E-state index contributed by atoms with van der Waals surface area (Å²) in [5.41, 5.74) is 5.83. The van der Waals surface area contributed by atoms with Crippen molar-refractivity contribution in [1.29, 1.82) is 0 Å². The van der Waals surface area contributed by atoms with Gasteiger partial charge in [-0.15, -0.1) is 0 Å². The topological polar surface area (TPSA) is 92.7 Å². The third-order valence-electron chi connectivity index (χ3n) is 3.94. The molecule has 9 heteroatoms. The number of likely N-dealkylation sites (N-methyl/N-ethyl adjacent to an activating group) is 1. The van der Waals surface area contributed by atoms with Crippen LogP contribution in [0.25, 0.3) is 11.5 Å². The van der Waals surface area contributed by atoms with Gasteiger partial charge in [0, 0.05) is 31.6 Å². The molecule has 0 saturated heterocycles. The van der Waals surface area contributed by atoms with Gasteiger partial charge in [-0.3, -0.25) is 4.79 Å². The average Bonchev–Trinajstić information content (AvgIpc) is 2.96. The first kappa shape index (κ1) is 16.9. The normalized spacial score (nSPS) is 13.5. The molecule has 0 atom stereocenters. The molecule has 132 valence electrons. The number of hydrogen-bond acceptors (Lipinski definition) is 4. The molecule has 2 heterocycles. The van der Waals surface area contributed by atoms with Gasteiger partial charge in [0.05, 0.1) is 6.54 Å². The van der Waals surface area contributed by atoms with E-state index in [0.717, 1.165) is 23.1 Å². The number of nitrogens with zero attached hydrogens (tertiary/aromatic N) is 3. The third kappa shape index (κ3) is 3.59. The maximum atomic E-state index is 13.3. The lowest BCUT2D eigenvalue weighted by atomic mass is 10.1. The summed E-state index contributed by atoms with van der Waals surface area (Å²) in [7, 11) is 1.43. The number of carbonyl (C=O) groups excluding carboxylic acids is 2. The molecule has 0 saturated carbocycles. The van der Waals surface area contributed by atoms with E-state index in [4.69, 9.17) is 10.2 Å². The molecule has 3 rings (SSSR count). The van der Waals surface area contributed by atoms with E-state index in [2.05, 4.69) is 4.98 Å². The molecule has 0 bridgehead atoms. The number of carbonyl (C=O) groups is 2. The van der Waals surface area contributed by atoms with Crippen molar-refractivity contribution < 1.29 is 22.8 Å². The summed E-state index contributed by atoms with van der Waals surface area (Å²) >= 11 is 0. The van der Waals surface area contributed by atoms with Crippen LogP contribution >= 0.6 is 0 Å². The highest BCUT2D eigenvalue weighted by Crippen LogP contribution is 2.27. The van der Waals surface area contributed by atoms with E-state index in [9.17, 15) is 18.4 Å². The molecule has 7 nitrogen and oxygen atoms in total. The SMILES string of the molecule is CN(CC(=O)N1CCc2oc(-c3cc(F)cc(F)c3)nc2C1)C(N)=O. The molecule has 2 N–H and O–H groups in total. The van der Waals surface area contributed by atoms with Crippen LogP contribution in [0.15, 0.2) is 22.6 Å². The zero-order valence-corrected chi connectivity index (χ0v) is 13.5. The van der Waals surface area contributed by atoms with Crippen LogP contribution in [-0.2, 0) is 17.8 Å².